The Morgan fingerprint density at radius 2 is 2.19 bits per heavy atom. The maximum atomic E-state index is 12.1. The van der Waals surface area contributed by atoms with E-state index < -0.39 is 0 Å². The zero-order chi connectivity index (χ0) is 11.5. The number of hydrogen-bond donors (Lipinski definition) is 1. The molecule has 3 nitrogen and oxygen atoms in total. The van der Waals surface area contributed by atoms with Gasteiger partial charge < -0.3 is 10.6 Å². The molecule has 0 radical (unpaired) electrons. The predicted octanol–water partition coefficient (Wildman–Crippen LogP) is 1.87. The van der Waals surface area contributed by atoms with E-state index in [-0.39, 0.29) is 5.91 Å². The van der Waals surface area contributed by atoms with Crippen molar-refractivity contribution in [2.45, 2.75) is 19.8 Å². The van der Waals surface area contributed by atoms with Crippen LogP contribution in [0.25, 0.3) is 0 Å². The van der Waals surface area contributed by atoms with E-state index in [9.17, 15) is 4.79 Å². The van der Waals surface area contributed by atoms with Crippen LogP contribution < -0.4 is 5.73 Å². The third kappa shape index (κ3) is 2.44. The van der Waals surface area contributed by atoms with Crippen molar-refractivity contribution in [2.24, 2.45) is 11.7 Å². The van der Waals surface area contributed by atoms with E-state index in [0.717, 1.165) is 37.4 Å². The fourth-order valence-electron chi connectivity index (χ4n) is 2.08. The quantitative estimate of drug-likeness (QED) is 0.855. The van der Waals surface area contributed by atoms with Crippen LogP contribution >= 0.6 is 11.3 Å². The second-order valence-corrected chi connectivity index (χ2v) is 5.67. The van der Waals surface area contributed by atoms with E-state index in [4.69, 9.17) is 5.73 Å². The van der Waals surface area contributed by atoms with Crippen LogP contribution in [0.3, 0.4) is 0 Å². The van der Waals surface area contributed by atoms with E-state index in [1.807, 2.05) is 24.0 Å². The van der Waals surface area contributed by atoms with Gasteiger partial charge in [0.15, 0.2) is 0 Å². The molecule has 1 amide bonds. The van der Waals surface area contributed by atoms with Crippen molar-refractivity contribution >= 4 is 17.2 Å². The van der Waals surface area contributed by atoms with Gasteiger partial charge in [0.2, 0.25) is 0 Å². The second-order valence-electron chi connectivity index (χ2n) is 4.38. The van der Waals surface area contributed by atoms with Gasteiger partial charge >= 0.3 is 0 Å². The maximum Gasteiger partial charge on any atom is 0.263 e. The average Bonchev–Trinajstić information content (AvgIpc) is 2.75. The van der Waals surface area contributed by atoms with Gasteiger partial charge in [0.1, 0.15) is 0 Å². The minimum atomic E-state index is 0.188. The number of nitrogens with two attached hydrogens (primary N) is 1. The van der Waals surface area contributed by atoms with E-state index >= 15 is 0 Å². The highest BCUT2D eigenvalue weighted by atomic mass is 32.1. The molecule has 2 rings (SSSR count). The summed E-state index contributed by atoms with van der Waals surface area (Å²) in [5, 5.41) is 0. The summed E-state index contributed by atoms with van der Waals surface area (Å²) < 4.78 is 0. The fraction of sp³-hybridized carbons (Fsp3) is 0.583. The predicted molar refractivity (Wildman–Crippen MR) is 66.7 cm³/mol. The zero-order valence-corrected chi connectivity index (χ0v) is 10.4. The first-order valence-electron chi connectivity index (χ1n) is 5.76. The van der Waals surface area contributed by atoms with Crippen LogP contribution in [0.4, 0.5) is 0 Å². The van der Waals surface area contributed by atoms with Gasteiger partial charge in [-0.25, -0.2) is 0 Å². The Balaban J connectivity index is 1.96. The number of piperidine rings is 1. The maximum absolute atomic E-state index is 12.1. The molecule has 1 aliphatic heterocycles. The summed E-state index contributed by atoms with van der Waals surface area (Å²) in [5.41, 5.74) is 5.64. The third-order valence-electron chi connectivity index (χ3n) is 3.19. The van der Waals surface area contributed by atoms with Gasteiger partial charge in [0, 0.05) is 18.0 Å². The highest BCUT2D eigenvalue weighted by Gasteiger charge is 2.23. The molecule has 0 aliphatic carbocycles. The van der Waals surface area contributed by atoms with Crippen molar-refractivity contribution in [3.8, 4) is 0 Å². The largest absolute Gasteiger partial charge is 0.338 e. The molecule has 0 unspecified atom stereocenters. The Kier molecular flexibility index (Phi) is 3.61. The molecule has 1 aromatic heterocycles. The van der Waals surface area contributed by atoms with Crippen LogP contribution in [0.15, 0.2) is 12.1 Å². The van der Waals surface area contributed by atoms with Crippen LogP contribution in [-0.2, 0) is 0 Å². The van der Waals surface area contributed by atoms with Crippen molar-refractivity contribution < 1.29 is 4.79 Å². The molecule has 0 atom stereocenters. The lowest BCUT2D eigenvalue weighted by atomic mass is 9.97. The van der Waals surface area contributed by atoms with Crippen molar-refractivity contribution in [2.75, 3.05) is 19.6 Å². The van der Waals surface area contributed by atoms with Gasteiger partial charge in [-0.05, 0) is 44.4 Å². The number of amides is 1. The molecule has 1 aromatic rings. The minimum absolute atomic E-state index is 0.188. The normalized spacial score (nSPS) is 17.8. The molecule has 4 heteroatoms. The van der Waals surface area contributed by atoms with Gasteiger partial charge in [0.25, 0.3) is 5.91 Å². The number of thiophene rings is 1. The van der Waals surface area contributed by atoms with Crippen molar-refractivity contribution in [3.05, 3.63) is 21.9 Å². The van der Waals surface area contributed by atoms with Gasteiger partial charge in [-0.2, -0.15) is 0 Å². The van der Waals surface area contributed by atoms with E-state index in [0.29, 0.717) is 5.92 Å². The lowest BCUT2D eigenvalue weighted by molar-refractivity contribution is 0.0698. The summed E-state index contributed by atoms with van der Waals surface area (Å²) in [5.74, 6) is 0.794. The number of hydrogen-bond acceptors (Lipinski definition) is 3. The Hall–Kier alpha value is -0.870. The third-order valence-corrected chi connectivity index (χ3v) is 4.17. The fourth-order valence-corrected chi connectivity index (χ4v) is 2.91. The highest BCUT2D eigenvalue weighted by Crippen LogP contribution is 2.21. The molecular formula is C12H18N2OS. The topological polar surface area (TPSA) is 46.3 Å². The second kappa shape index (κ2) is 4.97. The first kappa shape index (κ1) is 11.6. The SMILES string of the molecule is Cc1ccc(C(=O)N2CCC(CN)CC2)s1. The molecule has 1 aliphatic rings. The minimum Gasteiger partial charge on any atom is -0.338 e. The number of likely N-dealkylation sites (tertiary alicyclic amines) is 1. The van der Waals surface area contributed by atoms with Crippen LogP contribution in [0, 0.1) is 12.8 Å². The molecule has 1 fully saturated rings. The van der Waals surface area contributed by atoms with Crippen LogP contribution in [0.5, 0.6) is 0 Å². The smallest absolute Gasteiger partial charge is 0.263 e. The number of rotatable bonds is 2. The number of nitrogens with zero attached hydrogens (tertiary/aromatic N) is 1. The van der Waals surface area contributed by atoms with Gasteiger partial charge in [-0.15, -0.1) is 11.3 Å². The first-order chi connectivity index (χ1) is 7.70. The Morgan fingerprint density at radius 3 is 2.69 bits per heavy atom. The molecule has 1 saturated heterocycles. The number of carbonyl (C=O) groups is 1. The zero-order valence-electron chi connectivity index (χ0n) is 9.61. The number of aryl methyl sites for hydroxylation is 1. The van der Waals surface area contributed by atoms with Crippen molar-refractivity contribution in [3.63, 3.8) is 0 Å². The van der Waals surface area contributed by atoms with E-state index in [1.54, 1.807) is 11.3 Å². The molecule has 2 N–H and O–H groups in total. The average molecular weight is 238 g/mol. The Morgan fingerprint density at radius 1 is 1.50 bits per heavy atom. The monoisotopic (exact) mass is 238 g/mol. The molecule has 0 spiro atoms. The van der Waals surface area contributed by atoms with Crippen LogP contribution in [-0.4, -0.2) is 30.4 Å². The van der Waals surface area contributed by atoms with Gasteiger partial charge in [-0.3, -0.25) is 4.79 Å². The molecule has 0 bridgehead atoms. The molecule has 0 aromatic carbocycles. The molecule has 16 heavy (non-hydrogen) atoms. The molecule has 0 saturated carbocycles. The van der Waals surface area contributed by atoms with E-state index in [2.05, 4.69) is 0 Å². The van der Waals surface area contributed by atoms with Crippen LogP contribution in [0.2, 0.25) is 0 Å². The summed E-state index contributed by atoms with van der Waals surface area (Å²) in [4.78, 5) is 16.1. The molecular weight excluding hydrogens is 220 g/mol. The Bertz CT molecular complexity index is 367. The van der Waals surface area contributed by atoms with Crippen LogP contribution in [0.1, 0.15) is 27.4 Å². The lowest BCUT2D eigenvalue weighted by Gasteiger charge is -2.31. The van der Waals surface area contributed by atoms with E-state index in [1.165, 1.54) is 4.88 Å². The van der Waals surface area contributed by atoms with Crippen molar-refractivity contribution in [1.82, 2.24) is 4.90 Å². The van der Waals surface area contributed by atoms with Crippen molar-refractivity contribution in [1.29, 1.82) is 0 Å². The molecule has 88 valence electrons. The summed E-state index contributed by atoms with van der Waals surface area (Å²) >= 11 is 1.58. The molecule has 2 heterocycles. The number of carbonyl (C=O) groups excluding carboxylic acids is 1. The Labute approximate surface area is 100 Å². The standard InChI is InChI=1S/C12H18N2OS/c1-9-2-3-11(16-9)12(15)14-6-4-10(8-13)5-7-14/h2-3,10H,4-8,13H2,1H3. The van der Waals surface area contributed by atoms with Gasteiger partial charge in [0.05, 0.1) is 4.88 Å². The summed E-state index contributed by atoms with van der Waals surface area (Å²) in [7, 11) is 0. The van der Waals surface area contributed by atoms with Gasteiger partial charge in [-0.1, -0.05) is 0 Å². The summed E-state index contributed by atoms with van der Waals surface area (Å²) in [6.07, 6.45) is 2.10. The lowest BCUT2D eigenvalue weighted by Crippen LogP contribution is -2.39. The summed E-state index contributed by atoms with van der Waals surface area (Å²) in [6.45, 7) is 4.50. The summed E-state index contributed by atoms with van der Waals surface area (Å²) in [6, 6.07) is 3.93. The first-order valence-corrected chi connectivity index (χ1v) is 6.58. The highest BCUT2D eigenvalue weighted by molar-refractivity contribution is 7.13.